The molecule has 0 unspecified atom stereocenters. The average Bonchev–Trinajstić information content (AvgIpc) is 3.14. The van der Waals surface area contributed by atoms with Gasteiger partial charge in [0.05, 0.1) is 32.0 Å². The van der Waals surface area contributed by atoms with Gasteiger partial charge in [0.25, 0.3) is 5.56 Å². The van der Waals surface area contributed by atoms with Crippen LogP contribution in [0.3, 0.4) is 0 Å². The van der Waals surface area contributed by atoms with Crippen LogP contribution in [0.25, 0.3) is 0 Å². The van der Waals surface area contributed by atoms with Crippen molar-refractivity contribution in [1.82, 2.24) is 14.5 Å². The minimum atomic E-state index is -4.47. The van der Waals surface area contributed by atoms with Gasteiger partial charge in [-0.05, 0) is 13.3 Å². The summed E-state index contributed by atoms with van der Waals surface area (Å²) in [5.41, 5.74) is -0.373. The van der Waals surface area contributed by atoms with Crippen LogP contribution in [-0.2, 0) is 17.8 Å². The number of aromatic nitrogens is 3. The van der Waals surface area contributed by atoms with E-state index in [1.807, 2.05) is 11.8 Å². The van der Waals surface area contributed by atoms with E-state index in [-0.39, 0.29) is 42.8 Å². The smallest absolute Gasteiger partial charge is 0.408 e. The fourth-order valence-corrected chi connectivity index (χ4v) is 3.68. The first kappa shape index (κ1) is 18.8. The molecule has 11 heteroatoms. The standard InChI is InChI=1S/C17H20F3N5O3/c1-11-9-27-5-4-23(11)14-6-15(26)24-3-2-13(17(18,19)20)25(16(24)22-14)8-12-7-21-10-28-12/h6-7,10-11,13H,2-5,8-9H2,1H3/t11-,13+/m1/s1. The van der Waals surface area contributed by atoms with Crippen LogP contribution >= 0.6 is 0 Å². The van der Waals surface area contributed by atoms with Gasteiger partial charge in [0.15, 0.2) is 6.39 Å². The lowest BCUT2D eigenvalue weighted by molar-refractivity contribution is -0.153. The summed E-state index contributed by atoms with van der Waals surface area (Å²) >= 11 is 0. The van der Waals surface area contributed by atoms with Crippen molar-refractivity contribution in [2.45, 2.75) is 44.7 Å². The lowest BCUT2D eigenvalue weighted by Crippen LogP contribution is -2.52. The van der Waals surface area contributed by atoms with Gasteiger partial charge in [0, 0.05) is 19.2 Å². The number of hydrogen-bond donors (Lipinski definition) is 0. The summed E-state index contributed by atoms with van der Waals surface area (Å²) in [6, 6.07) is -0.415. The SMILES string of the molecule is C[C@@H]1COCCN1c1cc(=O)n2c(n1)N(Cc1cnco1)[C@H](C(F)(F)F)CC2. The molecular weight excluding hydrogens is 379 g/mol. The van der Waals surface area contributed by atoms with Crippen molar-refractivity contribution in [2.24, 2.45) is 0 Å². The quantitative estimate of drug-likeness (QED) is 0.779. The minimum Gasteiger partial charge on any atom is -0.447 e. The first-order valence-corrected chi connectivity index (χ1v) is 9.01. The molecule has 0 bridgehead atoms. The Hall–Kier alpha value is -2.56. The van der Waals surface area contributed by atoms with Gasteiger partial charge < -0.3 is 19.0 Å². The molecule has 0 aromatic carbocycles. The number of rotatable bonds is 3. The maximum absolute atomic E-state index is 13.7. The number of halogens is 3. The Morgan fingerprint density at radius 2 is 2.14 bits per heavy atom. The van der Waals surface area contributed by atoms with Gasteiger partial charge >= 0.3 is 6.18 Å². The molecule has 4 rings (SSSR count). The molecule has 0 spiro atoms. The second-order valence-corrected chi connectivity index (χ2v) is 6.96. The number of morpholine rings is 1. The molecule has 0 aliphatic carbocycles. The van der Waals surface area contributed by atoms with E-state index in [0.717, 1.165) is 11.3 Å². The van der Waals surface area contributed by atoms with Crippen molar-refractivity contribution in [3.63, 3.8) is 0 Å². The Morgan fingerprint density at radius 3 is 2.82 bits per heavy atom. The molecule has 2 aliphatic heterocycles. The average molecular weight is 399 g/mol. The van der Waals surface area contributed by atoms with Crippen molar-refractivity contribution >= 4 is 11.8 Å². The maximum Gasteiger partial charge on any atom is 0.408 e. The van der Waals surface area contributed by atoms with E-state index in [2.05, 4.69) is 9.97 Å². The van der Waals surface area contributed by atoms with Gasteiger partial charge in [-0.15, -0.1) is 0 Å². The van der Waals surface area contributed by atoms with E-state index in [4.69, 9.17) is 9.15 Å². The maximum atomic E-state index is 13.7. The van der Waals surface area contributed by atoms with Crippen molar-refractivity contribution < 1.29 is 22.3 Å². The van der Waals surface area contributed by atoms with Crippen molar-refractivity contribution in [3.05, 3.63) is 34.8 Å². The Labute approximate surface area is 158 Å². The van der Waals surface area contributed by atoms with Gasteiger partial charge in [-0.3, -0.25) is 9.36 Å². The molecule has 2 aromatic rings. The Morgan fingerprint density at radius 1 is 1.32 bits per heavy atom. The third-order valence-electron chi connectivity index (χ3n) is 5.08. The highest BCUT2D eigenvalue weighted by Gasteiger charge is 2.47. The van der Waals surface area contributed by atoms with E-state index in [1.165, 1.54) is 16.8 Å². The molecule has 2 aromatic heterocycles. The molecule has 8 nitrogen and oxygen atoms in total. The Bertz CT molecular complexity index is 883. The third-order valence-corrected chi connectivity index (χ3v) is 5.08. The molecule has 152 valence electrons. The van der Waals surface area contributed by atoms with Crippen molar-refractivity contribution in [2.75, 3.05) is 29.6 Å². The van der Waals surface area contributed by atoms with Crippen LogP contribution < -0.4 is 15.4 Å². The van der Waals surface area contributed by atoms with Crippen LogP contribution in [0, 0.1) is 0 Å². The number of anilines is 2. The number of oxazole rings is 1. The van der Waals surface area contributed by atoms with Gasteiger partial charge in [0.2, 0.25) is 5.95 Å². The minimum absolute atomic E-state index is 0.00818. The molecule has 2 atom stereocenters. The van der Waals surface area contributed by atoms with Crippen LogP contribution in [0.1, 0.15) is 19.1 Å². The predicted octanol–water partition coefficient (Wildman–Crippen LogP) is 1.80. The van der Waals surface area contributed by atoms with Gasteiger partial charge in [-0.25, -0.2) is 4.98 Å². The summed E-state index contributed by atoms with van der Waals surface area (Å²) in [6.45, 7) is 3.14. The second-order valence-electron chi connectivity index (χ2n) is 6.96. The molecule has 0 N–H and O–H groups in total. The summed E-state index contributed by atoms with van der Waals surface area (Å²) in [7, 11) is 0. The molecule has 2 aliphatic rings. The first-order valence-electron chi connectivity index (χ1n) is 9.01. The van der Waals surface area contributed by atoms with Crippen molar-refractivity contribution in [1.29, 1.82) is 0 Å². The van der Waals surface area contributed by atoms with Crippen LogP contribution in [0.2, 0.25) is 0 Å². The van der Waals surface area contributed by atoms with Crippen LogP contribution in [0.5, 0.6) is 0 Å². The van der Waals surface area contributed by atoms with E-state index in [1.54, 1.807) is 0 Å². The number of ether oxygens (including phenoxy) is 1. The number of nitrogens with zero attached hydrogens (tertiary/aromatic N) is 5. The zero-order chi connectivity index (χ0) is 19.9. The first-order chi connectivity index (χ1) is 13.3. The van der Waals surface area contributed by atoms with Gasteiger partial charge in [-0.1, -0.05) is 0 Å². The molecule has 4 heterocycles. The molecule has 0 amide bonds. The fraction of sp³-hybridized carbons (Fsp3) is 0.588. The summed E-state index contributed by atoms with van der Waals surface area (Å²) in [4.78, 5) is 23.9. The van der Waals surface area contributed by atoms with Gasteiger partial charge in [0.1, 0.15) is 17.6 Å². The van der Waals surface area contributed by atoms with Crippen LogP contribution in [-0.4, -0.2) is 52.6 Å². The molecule has 0 radical (unpaired) electrons. The lowest BCUT2D eigenvalue weighted by atomic mass is 10.1. The zero-order valence-electron chi connectivity index (χ0n) is 15.2. The Kier molecular flexibility index (Phi) is 4.77. The topological polar surface area (TPSA) is 76.6 Å². The van der Waals surface area contributed by atoms with Crippen molar-refractivity contribution in [3.8, 4) is 0 Å². The summed E-state index contributed by atoms with van der Waals surface area (Å²) < 4.78 is 52.9. The molecule has 28 heavy (non-hydrogen) atoms. The Balaban J connectivity index is 1.78. The normalized spacial score (nSPS) is 23.0. The second kappa shape index (κ2) is 7.12. The number of fused-ring (bicyclic) bond motifs is 1. The largest absolute Gasteiger partial charge is 0.447 e. The number of hydrogen-bond acceptors (Lipinski definition) is 7. The molecule has 1 saturated heterocycles. The highest BCUT2D eigenvalue weighted by molar-refractivity contribution is 5.47. The fourth-order valence-electron chi connectivity index (χ4n) is 3.68. The molecule has 0 saturated carbocycles. The van der Waals surface area contributed by atoms with E-state index < -0.39 is 12.2 Å². The predicted molar refractivity (Wildman–Crippen MR) is 93.3 cm³/mol. The highest BCUT2D eigenvalue weighted by Crippen LogP contribution is 2.35. The zero-order valence-corrected chi connectivity index (χ0v) is 15.2. The van der Waals surface area contributed by atoms with Gasteiger partial charge in [-0.2, -0.15) is 18.2 Å². The highest BCUT2D eigenvalue weighted by atomic mass is 19.4. The lowest BCUT2D eigenvalue weighted by Gasteiger charge is -2.40. The third kappa shape index (κ3) is 3.46. The molecule has 1 fully saturated rings. The molecular formula is C17H20F3N5O3. The summed E-state index contributed by atoms with van der Waals surface area (Å²) in [6.07, 6.45) is -2.18. The monoisotopic (exact) mass is 399 g/mol. The van der Waals surface area contributed by atoms with E-state index in [9.17, 15) is 18.0 Å². The number of alkyl halides is 3. The van der Waals surface area contributed by atoms with E-state index in [0.29, 0.717) is 25.6 Å². The van der Waals surface area contributed by atoms with E-state index >= 15 is 0 Å². The van der Waals surface area contributed by atoms with Crippen LogP contribution in [0.4, 0.5) is 24.9 Å². The summed E-state index contributed by atoms with van der Waals surface area (Å²) in [5.74, 6) is 0.616. The summed E-state index contributed by atoms with van der Waals surface area (Å²) in [5, 5.41) is 0. The van der Waals surface area contributed by atoms with Crippen LogP contribution in [0.15, 0.2) is 27.9 Å².